The van der Waals surface area contributed by atoms with E-state index in [0.717, 1.165) is 41.7 Å². The van der Waals surface area contributed by atoms with Crippen molar-refractivity contribution in [2.75, 3.05) is 19.8 Å². The highest BCUT2D eigenvalue weighted by molar-refractivity contribution is 7.95. The number of aryl methyl sites for hydroxylation is 1. The molecule has 0 saturated carbocycles. The molecular formula is C25H35N5O4S. The van der Waals surface area contributed by atoms with E-state index in [1.165, 1.54) is 0 Å². The largest absolute Gasteiger partial charge is 0.490 e. The molecule has 0 bridgehead atoms. The molecule has 0 saturated heterocycles. The third-order valence-electron chi connectivity index (χ3n) is 4.83. The van der Waals surface area contributed by atoms with Gasteiger partial charge in [-0.05, 0) is 44.0 Å². The molecule has 1 atom stereocenters. The van der Waals surface area contributed by atoms with Gasteiger partial charge in [0, 0.05) is 36.1 Å². The Bertz CT molecular complexity index is 1080. The van der Waals surface area contributed by atoms with Crippen LogP contribution in [-0.2, 0) is 16.1 Å². The summed E-state index contributed by atoms with van der Waals surface area (Å²) in [7, 11) is 0. The summed E-state index contributed by atoms with van der Waals surface area (Å²) in [6.45, 7) is 10.8. The minimum Gasteiger partial charge on any atom is -0.490 e. The van der Waals surface area contributed by atoms with Gasteiger partial charge in [0.1, 0.15) is 18.4 Å². The smallest absolute Gasteiger partial charge is 0.252 e. The monoisotopic (exact) mass is 501 g/mol. The molecule has 1 amide bonds. The van der Waals surface area contributed by atoms with Gasteiger partial charge in [0.2, 0.25) is 0 Å². The Kier molecular flexibility index (Phi) is 12.0. The first-order valence-electron chi connectivity index (χ1n) is 11.5. The summed E-state index contributed by atoms with van der Waals surface area (Å²) in [5.41, 5.74) is 8.00. The van der Waals surface area contributed by atoms with E-state index in [0.29, 0.717) is 36.7 Å². The fourth-order valence-corrected chi connectivity index (χ4v) is 3.62. The van der Waals surface area contributed by atoms with E-state index in [4.69, 9.17) is 24.9 Å². The van der Waals surface area contributed by atoms with E-state index in [2.05, 4.69) is 28.7 Å². The number of nitrogens with zero attached hydrogens (tertiary/aromatic N) is 1. The summed E-state index contributed by atoms with van der Waals surface area (Å²) in [5, 5.41) is 13.5. The van der Waals surface area contributed by atoms with Gasteiger partial charge in [-0.1, -0.05) is 43.0 Å². The fraction of sp³-hybridized carbons (Fsp3) is 0.360. The summed E-state index contributed by atoms with van der Waals surface area (Å²) in [5.74, 6) is 1.41. The normalized spacial score (nSPS) is 13.3. The van der Waals surface area contributed by atoms with E-state index < -0.39 is 6.04 Å². The standard InChI is InChI=1S/C25H35N5O4S/c1-5-10-17(24(26)29-33-8-4)12-9-13-28-22(25(31)30-35-27)18-14-19-15-20(11-6-2)34-23(19)21(16-18)32-7-3/h5,9-10,12,14-16,22,28H,1,6-8,11,13,27H2,2-4H3,(H2,26,29)(H,30,31)/b12-9-,17-10+. The number of carbonyl (C=O) groups excluding carboxylic acids is 1. The molecule has 0 aliphatic heterocycles. The Hall–Kier alpha value is -3.21. The molecule has 0 aliphatic carbocycles. The number of furan rings is 1. The summed E-state index contributed by atoms with van der Waals surface area (Å²) in [6.07, 6.45) is 8.73. The Labute approximate surface area is 210 Å². The predicted octanol–water partition coefficient (Wildman–Crippen LogP) is 4.03. The van der Waals surface area contributed by atoms with Crippen LogP contribution in [0.25, 0.3) is 11.0 Å². The third-order valence-corrected chi connectivity index (χ3v) is 5.15. The molecule has 35 heavy (non-hydrogen) atoms. The van der Waals surface area contributed by atoms with Gasteiger partial charge in [-0.15, -0.1) is 0 Å². The zero-order chi connectivity index (χ0) is 25.6. The van der Waals surface area contributed by atoms with Crippen molar-refractivity contribution in [2.24, 2.45) is 16.0 Å². The van der Waals surface area contributed by atoms with Gasteiger partial charge in [0.25, 0.3) is 5.91 Å². The highest BCUT2D eigenvalue weighted by Gasteiger charge is 2.23. The van der Waals surface area contributed by atoms with Gasteiger partial charge in [-0.25, -0.2) is 0 Å². The minimum atomic E-state index is -0.690. The fourth-order valence-electron chi connectivity index (χ4n) is 3.39. The van der Waals surface area contributed by atoms with E-state index >= 15 is 0 Å². The first-order chi connectivity index (χ1) is 17.0. The highest BCUT2D eigenvalue weighted by Crippen LogP contribution is 2.33. The van der Waals surface area contributed by atoms with Crippen LogP contribution in [0.5, 0.6) is 5.75 Å². The lowest BCUT2D eigenvalue weighted by atomic mass is 10.0. The van der Waals surface area contributed by atoms with E-state index in [-0.39, 0.29) is 11.7 Å². The van der Waals surface area contributed by atoms with Gasteiger partial charge in [-0.2, -0.15) is 0 Å². The molecule has 0 spiro atoms. The number of nitrogens with two attached hydrogens (primary N) is 2. The third kappa shape index (κ3) is 8.20. The van der Waals surface area contributed by atoms with Crippen LogP contribution >= 0.6 is 12.1 Å². The Morgan fingerprint density at radius 1 is 1.29 bits per heavy atom. The molecule has 0 radical (unpaired) electrons. The summed E-state index contributed by atoms with van der Waals surface area (Å²) in [6, 6.07) is 5.05. The molecule has 1 heterocycles. The second kappa shape index (κ2) is 14.9. The lowest BCUT2D eigenvalue weighted by Crippen LogP contribution is -2.35. The molecule has 10 heteroatoms. The van der Waals surface area contributed by atoms with Crippen molar-refractivity contribution in [1.29, 1.82) is 0 Å². The quantitative estimate of drug-likeness (QED) is 0.0944. The number of allylic oxidation sites excluding steroid dienone is 2. The lowest BCUT2D eigenvalue weighted by Gasteiger charge is -2.18. The number of nitrogens with one attached hydrogen (secondary N) is 2. The molecule has 1 aromatic heterocycles. The van der Waals surface area contributed by atoms with Crippen LogP contribution in [0.15, 0.2) is 64.2 Å². The first-order valence-corrected chi connectivity index (χ1v) is 12.4. The number of hydrogen-bond donors (Lipinski definition) is 4. The topological polar surface area (TPSA) is 137 Å². The van der Waals surface area contributed by atoms with Gasteiger partial charge in [-0.3, -0.25) is 20.0 Å². The zero-order valence-corrected chi connectivity index (χ0v) is 21.3. The van der Waals surface area contributed by atoms with Crippen molar-refractivity contribution < 1.29 is 18.8 Å². The van der Waals surface area contributed by atoms with Gasteiger partial charge in [0.15, 0.2) is 17.2 Å². The Balaban J connectivity index is 2.33. The SMILES string of the molecule is C=C/C=C(\C=C/CNC(C(=O)NSN)c1cc(OCC)c2oc(CCC)cc2c1)C(/N)=N/OCC. The van der Waals surface area contributed by atoms with Crippen LogP contribution in [0.2, 0.25) is 0 Å². The van der Waals surface area contributed by atoms with E-state index in [9.17, 15) is 4.79 Å². The van der Waals surface area contributed by atoms with Crippen LogP contribution in [0.1, 0.15) is 44.6 Å². The lowest BCUT2D eigenvalue weighted by molar-refractivity contribution is -0.121. The number of fused-ring (bicyclic) bond motifs is 1. The molecule has 9 nitrogen and oxygen atoms in total. The van der Waals surface area contributed by atoms with Crippen LogP contribution in [0, 0.1) is 0 Å². The van der Waals surface area contributed by atoms with Gasteiger partial charge in [0.05, 0.1) is 6.61 Å². The van der Waals surface area contributed by atoms with Crippen molar-refractivity contribution in [3.63, 3.8) is 0 Å². The molecule has 6 N–H and O–H groups in total. The van der Waals surface area contributed by atoms with Crippen LogP contribution in [-0.4, -0.2) is 31.5 Å². The molecule has 0 fully saturated rings. The van der Waals surface area contributed by atoms with Crippen molar-refractivity contribution in [3.8, 4) is 5.75 Å². The highest BCUT2D eigenvalue weighted by atomic mass is 32.2. The number of ether oxygens (including phenoxy) is 1. The molecule has 1 unspecified atom stereocenters. The van der Waals surface area contributed by atoms with Gasteiger partial charge >= 0.3 is 0 Å². The number of amidine groups is 1. The second-order valence-corrected chi connectivity index (χ2v) is 7.85. The summed E-state index contributed by atoms with van der Waals surface area (Å²) in [4.78, 5) is 17.9. The molecule has 190 valence electrons. The number of oxime groups is 1. The maximum absolute atomic E-state index is 12.9. The molecule has 2 aromatic rings. The summed E-state index contributed by atoms with van der Waals surface area (Å²) < 4.78 is 14.4. The van der Waals surface area contributed by atoms with Gasteiger partial charge < -0.3 is 19.7 Å². The maximum atomic E-state index is 12.9. The van der Waals surface area contributed by atoms with Crippen LogP contribution < -0.4 is 25.6 Å². The molecule has 1 aromatic carbocycles. The predicted molar refractivity (Wildman–Crippen MR) is 143 cm³/mol. The molecule has 0 aliphatic rings. The molecular weight excluding hydrogens is 466 g/mol. The van der Waals surface area contributed by atoms with Crippen molar-refractivity contribution in [2.45, 2.75) is 39.7 Å². The Morgan fingerprint density at radius 2 is 2.09 bits per heavy atom. The van der Waals surface area contributed by atoms with E-state index in [1.54, 1.807) is 18.2 Å². The number of rotatable bonds is 15. The number of carbonyl (C=O) groups is 1. The van der Waals surface area contributed by atoms with Crippen LogP contribution in [0.4, 0.5) is 0 Å². The average molecular weight is 502 g/mol. The average Bonchev–Trinajstić information content (AvgIpc) is 3.25. The number of benzene rings is 1. The first kappa shape index (κ1) is 28.0. The van der Waals surface area contributed by atoms with Crippen LogP contribution in [0.3, 0.4) is 0 Å². The minimum absolute atomic E-state index is 0.228. The summed E-state index contributed by atoms with van der Waals surface area (Å²) >= 11 is 0.750. The van der Waals surface area contributed by atoms with Crippen molar-refractivity contribution in [3.05, 3.63) is 66.0 Å². The Morgan fingerprint density at radius 3 is 2.74 bits per heavy atom. The number of hydrogen-bond acceptors (Lipinski definition) is 8. The van der Waals surface area contributed by atoms with E-state index in [1.807, 2.05) is 38.1 Å². The number of amides is 1. The molecule has 2 rings (SSSR count). The second-order valence-electron chi connectivity index (χ2n) is 7.41. The zero-order valence-electron chi connectivity index (χ0n) is 20.5. The maximum Gasteiger partial charge on any atom is 0.252 e. The van der Waals surface area contributed by atoms with Crippen molar-refractivity contribution >= 4 is 34.8 Å². The van der Waals surface area contributed by atoms with Crippen molar-refractivity contribution in [1.82, 2.24) is 10.0 Å².